The van der Waals surface area contributed by atoms with Crippen LogP contribution in [0, 0.1) is 0 Å². The van der Waals surface area contributed by atoms with Crippen LogP contribution in [0.15, 0.2) is 67.1 Å². The largest absolute Gasteiger partial charge is 0.497 e. The van der Waals surface area contributed by atoms with E-state index in [9.17, 15) is 4.79 Å². The number of nitrogens with one attached hydrogen (secondary N) is 2. The Morgan fingerprint density at radius 3 is 2.58 bits per heavy atom. The second-order valence-corrected chi connectivity index (χ2v) is 7.83. The molecular weight excluding hydrogens is 414 g/mol. The van der Waals surface area contributed by atoms with Crippen LogP contribution in [0.5, 0.6) is 5.75 Å². The molecule has 1 saturated heterocycles. The first-order chi connectivity index (χ1) is 15.1. The number of halogens is 1. The van der Waals surface area contributed by atoms with Gasteiger partial charge in [0, 0.05) is 42.0 Å². The molecule has 3 aromatic rings. The van der Waals surface area contributed by atoms with E-state index in [1.807, 2.05) is 18.2 Å². The normalized spacial score (nSPS) is 18.3. The van der Waals surface area contributed by atoms with E-state index in [1.165, 1.54) is 0 Å². The number of benzene rings is 2. The number of anilines is 2. The van der Waals surface area contributed by atoms with Crippen LogP contribution >= 0.6 is 11.6 Å². The molecule has 0 aliphatic carbocycles. The quantitative estimate of drug-likeness (QED) is 0.621. The molecule has 0 spiro atoms. The zero-order valence-corrected chi connectivity index (χ0v) is 17.9. The van der Waals surface area contributed by atoms with Gasteiger partial charge in [-0.2, -0.15) is 0 Å². The minimum absolute atomic E-state index is 0.0289. The van der Waals surface area contributed by atoms with Gasteiger partial charge in [0.05, 0.1) is 7.11 Å². The first-order valence-corrected chi connectivity index (χ1v) is 10.5. The van der Waals surface area contributed by atoms with Crippen molar-refractivity contribution in [2.24, 2.45) is 0 Å². The van der Waals surface area contributed by atoms with Gasteiger partial charge in [-0.1, -0.05) is 23.7 Å². The Balaban J connectivity index is 1.51. The minimum atomic E-state index is -0.235. The first kappa shape index (κ1) is 20.9. The summed E-state index contributed by atoms with van der Waals surface area (Å²) in [5.41, 5.74) is 1.83. The maximum absolute atomic E-state index is 12.7. The summed E-state index contributed by atoms with van der Waals surface area (Å²) in [6.07, 6.45) is 4.09. The zero-order valence-electron chi connectivity index (χ0n) is 17.2. The molecule has 0 bridgehead atoms. The number of piperidine rings is 1. The Morgan fingerprint density at radius 2 is 1.90 bits per heavy atom. The molecule has 31 heavy (non-hydrogen) atoms. The molecule has 1 aliphatic heterocycles. The summed E-state index contributed by atoms with van der Waals surface area (Å²) in [6, 6.07) is 16.7. The van der Waals surface area contributed by atoms with E-state index < -0.39 is 0 Å². The summed E-state index contributed by atoms with van der Waals surface area (Å²) < 4.78 is 5.30. The third kappa shape index (κ3) is 5.24. The van der Waals surface area contributed by atoms with E-state index in [0.29, 0.717) is 10.7 Å². The van der Waals surface area contributed by atoms with Gasteiger partial charge < -0.3 is 20.3 Å². The van der Waals surface area contributed by atoms with Crippen molar-refractivity contribution in [2.45, 2.75) is 18.4 Å². The van der Waals surface area contributed by atoms with Gasteiger partial charge in [-0.3, -0.25) is 0 Å². The maximum atomic E-state index is 12.7. The highest BCUT2D eigenvalue weighted by Gasteiger charge is 2.32. The predicted octanol–water partition coefficient (Wildman–Crippen LogP) is 4.32. The van der Waals surface area contributed by atoms with Gasteiger partial charge in [0.25, 0.3) is 0 Å². The van der Waals surface area contributed by atoms with E-state index in [0.717, 1.165) is 36.6 Å². The first-order valence-electron chi connectivity index (χ1n) is 10.1. The van der Waals surface area contributed by atoms with Crippen LogP contribution < -0.4 is 20.3 Å². The number of hydrogen-bond acceptors (Lipinski definition) is 5. The summed E-state index contributed by atoms with van der Waals surface area (Å²) in [4.78, 5) is 23.3. The fourth-order valence-electron chi connectivity index (χ4n) is 3.86. The fourth-order valence-corrected chi connectivity index (χ4v) is 3.99. The molecule has 4 rings (SSSR count). The molecule has 1 fully saturated rings. The highest BCUT2D eigenvalue weighted by Crippen LogP contribution is 2.31. The van der Waals surface area contributed by atoms with Gasteiger partial charge in [-0.25, -0.2) is 14.8 Å². The number of carbonyl (C=O) groups excluding carboxylic acids is 1. The van der Waals surface area contributed by atoms with Crippen molar-refractivity contribution in [1.29, 1.82) is 0 Å². The standard InChI is InChI=1S/C23H24ClN5O2/c1-31-19-8-2-16(3-9-19)20-14-29(22-10-12-25-15-26-22)13-11-21(20)28-23(30)27-18-6-4-17(24)5-7-18/h2-10,12,15,20-21H,11,13-14H2,1H3,(H2,27,28,30)/t20?,21-/m1/s1. The molecule has 1 aliphatic rings. The number of amides is 2. The SMILES string of the molecule is COc1ccc(C2CN(c3ccncn3)CC[C@H]2NC(=O)Nc2ccc(Cl)cc2)cc1. The van der Waals surface area contributed by atoms with E-state index in [4.69, 9.17) is 16.3 Å². The Hall–Kier alpha value is -3.32. The summed E-state index contributed by atoms with van der Waals surface area (Å²) in [5.74, 6) is 1.78. The highest BCUT2D eigenvalue weighted by atomic mass is 35.5. The lowest BCUT2D eigenvalue weighted by molar-refractivity contribution is 0.243. The van der Waals surface area contributed by atoms with Gasteiger partial charge >= 0.3 is 6.03 Å². The van der Waals surface area contributed by atoms with Crippen molar-refractivity contribution in [2.75, 3.05) is 30.4 Å². The number of nitrogens with zero attached hydrogens (tertiary/aromatic N) is 3. The number of aromatic nitrogens is 2. The van der Waals surface area contributed by atoms with Crippen LogP contribution in [0.25, 0.3) is 0 Å². The summed E-state index contributed by atoms with van der Waals surface area (Å²) in [7, 11) is 1.65. The van der Waals surface area contributed by atoms with Gasteiger partial charge in [-0.15, -0.1) is 0 Å². The Bertz CT molecular complexity index is 999. The molecule has 2 heterocycles. The van der Waals surface area contributed by atoms with Crippen LogP contribution in [-0.4, -0.2) is 42.2 Å². The van der Waals surface area contributed by atoms with E-state index >= 15 is 0 Å². The number of carbonyl (C=O) groups is 1. The summed E-state index contributed by atoms with van der Waals surface area (Å²) in [5, 5.41) is 6.67. The zero-order chi connectivity index (χ0) is 21.6. The Kier molecular flexibility index (Phi) is 6.52. The van der Waals surface area contributed by atoms with Crippen molar-refractivity contribution in [3.05, 3.63) is 77.7 Å². The van der Waals surface area contributed by atoms with Crippen molar-refractivity contribution in [3.8, 4) is 5.75 Å². The lowest BCUT2D eigenvalue weighted by atomic mass is 9.86. The molecule has 2 aromatic carbocycles. The summed E-state index contributed by atoms with van der Waals surface area (Å²) >= 11 is 5.93. The molecule has 8 heteroatoms. The molecular formula is C23H24ClN5O2. The second kappa shape index (κ2) is 9.66. The predicted molar refractivity (Wildman–Crippen MR) is 122 cm³/mol. The van der Waals surface area contributed by atoms with E-state index in [2.05, 4.69) is 37.6 Å². The molecule has 2 atom stereocenters. The minimum Gasteiger partial charge on any atom is -0.497 e. The second-order valence-electron chi connectivity index (χ2n) is 7.39. The molecule has 1 aromatic heterocycles. The maximum Gasteiger partial charge on any atom is 0.319 e. The number of hydrogen-bond donors (Lipinski definition) is 2. The van der Waals surface area contributed by atoms with Crippen molar-refractivity contribution >= 4 is 29.1 Å². The third-order valence-corrected chi connectivity index (χ3v) is 5.72. The third-order valence-electron chi connectivity index (χ3n) is 5.47. The van der Waals surface area contributed by atoms with Crippen LogP contribution in [-0.2, 0) is 0 Å². The molecule has 0 radical (unpaired) electrons. The van der Waals surface area contributed by atoms with Crippen molar-refractivity contribution in [1.82, 2.24) is 15.3 Å². The number of rotatable bonds is 5. The molecule has 2 amide bonds. The highest BCUT2D eigenvalue weighted by molar-refractivity contribution is 6.30. The van der Waals surface area contributed by atoms with Crippen LogP contribution in [0.3, 0.4) is 0 Å². The summed E-state index contributed by atoms with van der Waals surface area (Å²) in [6.45, 7) is 1.52. The van der Waals surface area contributed by atoms with Crippen molar-refractivity contribution < 1.29 is 9.53 Å². The number of urea groups is 1. The van der Waals surface area contributed by atoms with Crippen LogP contribution in [0.1, 0.15) is 17.9 Å². The van der Waals surface area contributed by atoms with Crippen molar-refractivity contribution in [3.63, 3.8) is 0 Å². The molecule has 0 saturated carbocycles. The monoisotopic (exact) mass is 437 g/mol. The van der Waals surface area contributed by atoms with Gasteiger partial charge in [-0.05, 0) is 54.4 Å². The van der Waals surface area contributed by atoms with Gasteiger partial charge in [0.2, 0.25) is 0 Å². The fraction of sp³-hybridized carbons (Fsp3) is 0.261. The molecule has 160 valence electrons. The average molecular weight is 438 g/mol. The average Bonchev–Trinajstić information content (AvgIpc) is 2.81. The lowest BCUT2D eigenvalue weighted by Gasteiger charge is -2.39. The topological polar surface area (TPSA) is 79.4 Å². The number of ether oxygens (including phenoxy) is 1. The van der Waals surface area contributed by atoms with E-state index in [-0.39, 0.29) is 18.0 Å². The molecule has 7 nitrogen and oxygen atoms in total. The Labute approximate surface area is 186 Å². The number of methoxy groups -OCH3 is 1. The Morgan fingerprint density at radius 1 is 1.13 bits per heavy atom. The lowest BCUT2D eigenvalue weighted by Crippen LogP contribution is -2.51. The van der Waals surface area contributed by atoms with Crippen LogP contribution in [0.4, 0.5) is 16.3 Å². The molecule has 1 unspecified atom stereocenters. The van der Waals surface area contributed by atoms with E-state index in [1.54, 1.807) is 43.9 Å². The smallest absolute Gasteiger partial charge is 0.319 e. The van der Waals surface area contributed by atoms with Gasteiger partial charge in [0.1, 0.15) is 17.9 Å². The van der Waals surface area contributed by atoms with Gasteiger partial charge in [0.15, 0.2) is 0 Å². The molecule has 2 N–H and O–H groups in total. The van der Waals surface area contributed by atoms with Crippen LogP contribution in [0.2, 0.25) is 5.02 Å².